The maximum Gasteiger partial charge on any atom is 0.247 e. The number of hydrogen-bond donors (Lipinski definition) is 2. The highest BCUT2D eigenvalue weighted by Crippen LogP contribution is 2.22. The van der Waals surface area contributed by atoms with Crippen LogP contribution in [0.3, 0.4) is 0 Å². The number of aryl methyl sites for hydroxylation is 1. The second kappa shape index (κ2) is 12.2. The molecule has 2 aromatic heterocycles. The molecule has 190 valence electrons. The number of nitrogens with zero attached hydrogens (tertiary/aromatic N) is 3. The Hall–Kier alpha value is -4.10. The van der Waals surface area contributed by atoms with E-state index in [1.807, 2.05) is 49.5 Å². The fraction of sp³-hybridized carbons (Fsp3) is 0.267. The molecule has 2 aromatic carbocycles. The molecule has 0 bridgehead atoms. The number of nitrogens with one attached hydrogen (secondary N) is 2. The largest absolute Gasteiger partial charge is 0.309 e. The summed E-state index contributed by atoms with van der Waals surface area (Å²) in [5, 5.41) is 10.7. The van der Waals surface area contributed by atoms with Crippen molar-refractivity contribution in [1.82, 2.24) is 20.1 Å². The zero-order chi connectivity index (χ0) is 26.2. The Morgan fingerprint density at radius 3 is 2.35 bits per heavy atom. The molecule has 0 aliphatic heterocycles. The number of rotatable bonds is 11. The molecule has 7 nitrogen and oxygen atoms in total. The molecule has 0 fully saturated rings. The highest BCUT2D eigenvalue weighted by atomic mass is 16.2. The summed E-state index contributed by atoms with van der Waals surface area (Å²) in [6.07, 6.45) is 5.72. The van der Waals surface area contributed by atoms with Gasteiger partial charge in [-0.2, -0.15) is 5.10 Å². The Morgan fingerprint density at radius 1 is 0.919 bits per heavy atom. The van der Waals surface area contributed by atoms with E-state index in [1.165, 1.54) is 11.1 Å². The van der Waals surface area contributed by atoms with Gasteiger partial charge in [0.1, 0.15) is 11.9 Å². The molecule has 2 heterocycles. The third kappa shape index (κ3) is 6.98. The smallest absolute Gasteiger partial charge is 0.247 e. The number of carbonyl (C=O) groups excluding carboxylic acids is 2. The van der Waals surface area contributed by atoms with Crippen molar-refractivity contribution < 1.29 is 9.59 Å². The number of pyridine rings is 1. The maximum atomic E-state index is 13.3. The van der Waals surface area contributed by atoms with Crippen LogP contribution in [0.1, 0.15) is 48.9 Å². The van der Waals surface area contributed by atoms with E-state index in [2.05, 4.69) is 58.8 Å². The van der Waals surface area contributed by atoms with Crippen LogP contribution in [-0.4, -0.2) is 33.0 Å². The molecule has 0 unspecified atom stereocenters. The Balaban J connectivity index is 1.43. The number of ketones is 1. The summed E-state index contributed by atoms with van der Waals surface area (Å²) in [6.45, 7) is 6.97. The highest BCUT2D eigenvalue weighted by molar-refractivity contribution is 5.95. The zero-order valence-electron chi connectivity index (χ0n) is 21.5. The standard InChI is InChI=1S/C30H33N5O2/c1-4-27(36)20-35-19-26(18-33-35)25-14-15-28(31-17-25)34-30(37)29(24-8-6-5-7-9-24)32-16-22(3)23-12-10-21(2)11-13-23/h5-15,17-19,22,29,32H,4,16,20H2,1-3H3,(H,31,34,37)/t22-,29+/m1/s1. The Kier molecular flexibility index (Phi) is 8.59. The molecule has 0 aliphatic carbocycles. The molecule has 0 saturated carbocycles. The highest BCUT2D eigenvalue weighted by Gasteiger charge is 2.22. The third-order valence-electron chi connectivity index (χ3n) is 6.38. The zero-order valence-corrected chi connectivity index (χ0v) is 21.5. The van der Waals surface area contributed by atoms with E-state index in [-0.39, 0.29) is 24.2 Å². The van der Waals surface area contributed by atoms with Crippen molar-refractivity contribution in [3.63, 3.8) is 0 Å². The van der Waals surface area contributed by atoms with Crippen molar-refractivity contribution >= 4 is 17.5 Å². The monoisotopic (exact) mass is 495 g/mol. The van der Waals surface area contributed by atoms with Crippen molar-refractivity contribution in [2.24, 2.45) is 0 Å². The van der Waals surface area contributed by atoms with Gasteiger partial charge in [-0.05, 0) is 36.1 Å². The van der Waals surface area contributed by atoms with E-state index in [1.54, 1.807) is 23.1 Å². The topological polar surface area (TPSA) is 88.9 Å². The van der Waals surface area contributed by atoms with E-state index in [9.17, 15) is 9.59 Å². The molecule has 37 heavy (non-hydrogen) atoms. The normalized spacial score (nSPS) is 12.6. The first kappa shape index (κ1) is 26.0. The Bertz CT molecular complexity index is 1310. The SMILES string of the molecule is CCC(=O)Cn1cc(-c2ccc(NC(=O)[C@@H](NC[C@@H](C)c3ccc(C)cc3)c3ccccc3)nc2)cn1. The van der Waals surface area contributed by atoms with Crippen molar-refractivity contribution in [3.05, 3.63) is 102 Å². The van der Waals surface area contributed by atoms with Crippen LogP contribution in [0, 0.1) is 6.92 Å². The first-order valence-electron chi connectivity index (χ1n) is 12.6. The molecule has 0 aliphatic rings. The molecular formula is C30H33N5O2. The number of anilines is 1. The van der Waals surface area contributed by atoms with Gasteiger partial charge in [-0.3, -0.25) is 14.3 Å². The average molecular weight is 496 g/mol. The molecule has 2 N–H and O–H groups in total. The molecule has 4 rings (SSSR count). The van der Waals surface area contributed by atoms with Gasteiger partial charge in [-0.25, -0.2) is 4.98 Å². The predicted octanol–water partition coefficient (Wildman–Crippen LogP) is 5.31. The fourth-order valence-corrected chi connectivity index (χ4v) is 4.04. The van der Waals surface area contributed by atoms with Crippen molar-refractivity contribution in [3.8, 4) is 11.1 Å². The lowest BCUT2D eigenvalue weighted by molar-refractivity contribution is -0.119. The second-order valence-electron chi connectivity index (χ2n) is 9.30. The number of benzene rings is 2. The van der Waals surface area contributed by atoms with Gasteiger partial charge in [0, 0.05) is 36.5 Å². The lowest BCUT2D eigenvalue weighted by atomic mass is 9.98. The summed E-state index contributed by atoms with van der Waals surface area (Å²) in [7, 11) is 0. The van der Waals surface area contributed by atoms with E-state index in [4.69, 9.17) is 0 Å². The van der Waals surface area contributed by atoms with Crippen LogP contribution in [-0.2, 0) is 16.1 Å². The number of carbonyl (C=O) groups is 2. The second-order valence-corrected chi connectivity index (χ2v) is 9.30. The average Bonchev–Trinajstić information content (AvgIpc) is 3.38. The summed E-state index contributed by atoms with van der Waals surface area (Å²) in [5.74, 6) is 0.663. The van der Waals surface area contributed by atoms with Crippen molar-refractivity contribution in [1.29, 1.82) is 0 Å². The van der Waals surface area contributed by atoms with Crippen LogP contribution >= 0.6 is 0 Å². The van der Waals surface area contributed by atoms with Crippen molar-refractivity contribution in [2.75, 3.05) is 11.9 Å². The molecule has 2 atom stereocenters. The fourth-order valence-electron chi connectivity index (χ4n) is 4.04. The van der Waals surface area contributed by atoms with Crippen LogP contribution in [0.4, 0.5) is 5.82 Å². The maximum absolute atomic E-state index is 13.3. The number of aromatic nitrogens is 3. The van der Waals surface area contributed by atoms with Crippen LogP contribution in [0.2, 0.25) is 0 Å². The molecule has 0 radical (unpaired) electrons. The summed E-state index contributed by atoms with van der Waals surface area (Å²) in [5.41, 5.74) is 5.07. The lowest BCUT2D eigenvalue weighted by Gasteiger charge is -2.21. The van der Waals surface area contributed by atoms with Crippen molar-refractivity contribution in [2.45, 2.75) is 45.7 Å². The van der Waals surface area contributed by atoms with Gasteiger partial charge in [0.15, 0.2) is 5.78 Å². The molecular weight excluding hydrogens is 462 g/mol. The van der Waals surface area contributed by atoms with E-state index < -0.39 is 6.04 Å². The van der Waals surface area contributed by atoms with E-state index in [0.717, 1.165) is 16.7 Å². The molecule has 4 aromatic rings. The van der Waals surface area contributed by atoms with Crippen LogP contribution in [0.5, 0.6) is 0 Å². The first-order valence-corrected chi connectivity index (χ1v) is 12.6. The number of amides is 1. The van der Waals surface area contributed by atoms with Crippen LogP contribution in [0.15, 0.2) is 85.3 Å². The first-order chi connectivity index (χ1) is 17.9. The minimum absolute atomic E-state index is 0.126. The van der Waals surface area contributed by atoms with Gasteiger partial charge >= 0.3 is 0 Å². The van der Waals surface area contributed by atoms with Gasteiger partial charge in [0.25, 0.3) is 0 Å². The van der Waals surface area contributed by atoms with Gasteiger partial charge in [-0.1, -0.05) is 74.0 Å². The minimum atomic E-state index is -0.523. The van der Waals surface area contributed by atoms with E-state index >= 15 is 0 Å². The lowest BCUT2D eigenvalue weighted by Crippen LogP contribution is -2.35. The third-order valence-corrected chi connectivity index (χ3v) is 6.38. The summed E-state index contributed by atoms with van der Waals surface area (Å²) in [4.78, 5) is 29.5. The quantitative estimate of drug-likeness (QED) is 0.295. The minimum Gasteiger partial charge on any atom is -0.309 e. The van der Waals surface area contributed by atoms with Crippen LogP contribution < -0.4 is 10.6 Å². The van der Waals surface area contributed by atoms with Gasteiger partial charge in [0.2, 0.25) is 5.91 Å². The summed E-state index contributed by atoms with van der Waals surface area (Å²) in [6, 6.07) is 21.3. The molecule has 0 spiro atoms. The van der Waals surface area contributed by atoms with E-state index in [0.29, 0.717) is 18.8 Å². The Labute approximate surface area is 218 Å². The number of Topliss-reactive ketones (excluding diaryl/α,β-unsaturated/α-hetero) is 1. The predicted molar refractivity (Wildman–Crippen MR) is 146 cm³/mol. The molecule has 0 saturated heterocycles. The van der Waals surface area contributed by atoms with Gasteiger partial charge in [-0.15, -0.1) is 0 Å². The summed E-state index contributed by atoms with van der Waals surface area (Å²) < 4.78 is 1.63. The Morgan fingerprint density at radius 2 is 1.68 bits per heavy atom. The van der Waals surface area contributed by atoms with Gasteiger partial charge in [0.05, 0.1) is 12.7 Å². The summed E-state index contributed by atoms with van der Waals surface area (Å²) >= 11 is 0. The van der Waals surface area contributed by atoms with Gasteiger partial charge < -0.3 is 10.6 Å². The molecule has 7 heteroatoms. The number of hydrogen-bond acceptors (Lipinski definition) is 5. The van der Waals surface area contributed by atoms with Crippen LogP contribution in [0.25, 0.3) is 11.1 Å². The molecule has 1 amide bonds.